The number of aromatic nitrogens is 1. The minimum atomic E-state index is -0.593. The fourth-order valence-corrected chi connectivity index (χ4v) is 3.56. The number of aliphatic imine (C=N–C) groups is 1. The molecule has 1 aliphatic rings. The monoisotopic (exact) mass is 424 g/mol. The van der Waals surface area contributed by atoms with Crippen LogP contribution in [-0.4, -0.2) is 10.9 Å². The van der Waals surface area contributed by atoms with Gasteiger partial charge in [-0.25, -0.2) is 9.98 Å². The highest BCUT2D eigenvalue weighted by Crippen LogP contribution is 2.41. The number of hydrogen-bond acceptors (Lipinski definition) is 9. The van der Waals surface area contributed by atoms with Gasteiger partial charge in [0.1, 0.15) is 41.7 Å². The molecule has 9 nitrogen and oxygen atoms in total. The summed E-state index contributed by atoms with van der Waals surface area (Å²) in [6, 6.07) is 17.0. The lowest BCUT2D eigenvalue weighted by Gasteiger charge is -2.26. The predicted octanol–water partition coefficient (Wildman–Crippen LogP) is 2.95. The van der Waals surface area contributed by atoms with Crippen molar-refractivity contribution >= 4 is 23.3 Å². The van der Waals surface area contributed by atoms with Crippen molar-refractivity contribution in [2.75, 3.05) is 16.8 Å². The van der Waals surface area contributed by atoms with Gasteiger partial charge in [-0.15, -0.1) is 0 Å². The Morgan fingerprint density at radius 2 is 1.94 bits per heavy atom. The molecule has 1 aromatic heterocycles. The quantitative estimate of drug-likeness (QED) is 0.367. The van der Waals surface area contributed by atoms with Gasteiger partial charge in [-0.1, -0.05) is 36.4 Å². The van der Waals surface area contributed by atoms with E-state index in [9.17, 15) is 5.26 Å². The zero-order valence-electron chi connectivity index (χ0n) is 17.3. The van der Waals surface area contributed by atoms with Gasteiger partial charge in [0.25, 0.3) is 0 Å². The Morgan fingerprint density at radius 3 is 2.62 bits per heavy atom. The number of nitriles is 2. The topological polar surface area (TPSA) is 158 Å². The van der Waals surface area contributed by atoms with Gasteiger partial charge in [0.05, 0.1) is 5.69 Å². The summed E-state index contributed by atoms with van der Waals surface area (Å²) in [5, 5.41) is 23.9. The summed E-state index contributed by atoms with van der Waals surface area (Å²) >= 11 is 0. The van der Waals surface area contributed by atoms with Crippen LogP contribution in [0.5, 0.6) is 5.75 Å². The lowest BCUT2D eigenvalue weighted by Crippen LogP contribution is -2.32. The molecule has 1 aliphatic heterocycles. The number of guanidine groups is 1. The lowest BCUT2D eigenvalue weighted by atomic mass is 9.94. The summed E-state index contributed by atoms with van der Waals surface area (Å²) in [4.78, 5) is 8.84. The third kappa shape index (κ3) is 3.83. The van der Waals surface area contributed by atoms with Gasteiger partial charge in [-0.2, -0.15) is 10.5 Å². The van der Waals surface area contributed by atoms with Crippen molar-refractivity contribution in [1.29, 1.82) is 10.5 Å². The number of pyridine rings is 1. The molecule has 0 spiro atoms. The molecule has 0 saturated carbocycles. The summed E-state index contributed by atoms with van der Waals surface area (Å²) in [5.74, 6) is 1.31. The average molecular weight is 424 g/mol. The van der Waals surface area contributed by atoms with E-state index >= 15 is 0 Å². The third-order valence-corrected chi connectivity index (χ3v) is 5.11. The molecule has 0 aliphatic carbocycles. The molecule has 0 bridgehead atoms. The van der Waals surface area contributed by atoms with Crippen LogP contribution in [0.1, 0.15) is 33.9 Å². The van der Waals surface area contributed by atoms with E-state index in [1.54, 1.807) is 0 Å². The molecule has 9 heteroatoms. The second-order valence-corrected chi connectivity index (χ2v) is 7.20. The first-order chi connectivity index (χ1) is 15.5. The Balaban J connectivity index is 1.71. The van der Waals surface area contributed by atoms with E-state index in [1.165, 1.54) is 0 Å². The van der Waals surface area contributed by atoms with Crippen molar-refractivity contribution in [2.24, 2.45) is 4.99 Å². The van der Waals surface area contributed by atoms with Crippen LogP contribution in [0.15, 0.2) is 53.5 Å². The van der Waals surface area contributed by atoms with Crippen LogP contribution in [0.25, 0.3) is 0 Å². The number of anilines is 3. The summed E-state index contributed by atoms with van der Waals surface area (Å²) < 4.78 is 5.97. The maximum Gasteiger partial charge on any atom is 0.211 e. The van der Waals surface area contributed by atoms with Crippen LogP contribution in [0, 0.1) is 29.7 Å². The average Bonchev–Trinajstić information content (AvgIpc) is 2.78. The van der Waals surface area contributed by atoms with Crippen molar-refractivity contribution < 1.29 is 4.74 Å². The minimum Gasteiger partial charge on any atom is -0.489 e. The standard InChI is InChI=1S/C23H20N8O/c1-13-9-15(7-8-17(13)32-11-14-5-3-2-4-6-14)20-18-19(26)16(10-24)21(27)30-22(18)31-23(29-20)28-12-25/h2-9,20H,11H2,1H3,(H6,26,27,28,29,30,31). The molecular formula is C23H20N8O. The van der Waals surface area contributed by atoms with Gasteiger partial charge in [-0.3, -0.25) is 5.32 Å². The van der Waals surface area contributed by atoms with Crippen LogP contribution in [0.3, 0.4) is 0 Å². The van der Waals surface area contributed by atoms with Crippen LogP contribution >= 0.6 is 0 Å². The van der Waals surface area contributed by atoms with E-state index in [1.807, 2.05) is 67.7 Å². The first kappa shape index (κ1) is 20.5. The maximum absolute atomic E-state index is 9.45. The number of nitrogen functional groups attached to an aromatic ring is 2. The number of rotatable bonds is 4. The van der Waals surface area contributed by atoms with E-state index in [0.717, 1.165) is 22.4 Å². The van der Waals surface area contributed by atoms with E-state index in [2.05, 4.69) is 20.6 Å². The van der Waals surface area contributed by atoms with Crippen molar-refractivity contribution in [3.63, 3.8) is 0 Å². The van der Waals surface area contributed by atoms with Gasteiger partial charge in [0.15, 0.2) is 6.19 Å². The van der Waals surface area contributed by atoms with E-state index < -0.39 is 6.04 Å². The molecule has 4 rings (SSSR count). The molecule has 1 unspecified atom stereocenters. The van der Waals surface area contributed by atoms with Gasteiger partial charge in [0.2, 0.25) is 5.96 Å². The largest absolute Gasteiger partial charge is 0.489 e. The van der Waals surface area contributed by atoms with E-state index in [-0.39, 0.29) is 23.0 Å². The molecule has 0 saturated heterocycles. The van der Waals surface area contributed by atoms with E-state index in [4.69, 9.17) is 21.5 Å². The second kappa shape index (κ2) is 8.54. The molecule has 0 fully saturated rings. The van der Waals surface area contributed by atoms with Crippen LogP contribution < -0.4 is 26.8 Å². The first-order valence-electron chi connectivity index (χ1n) is 9.78. The molecule has 6 N–H and O–H groups in total. The Hall–Kier alpha value is -4.76. The van der Waals surface area contributed by atoms with Crippen molar-refractivity contribution in [2.45, 2.75) is 19.6 Å². The SMILES string of the molecule is Cc1cc(C2N=C(NC#N)Nc3nc(N)c(C#N)c(N)c32)ccc1OCc1ccccc1. The molecule has 0 radical (unpaired) electrons. The highest BCUT2D eigenvalue weighted by atomic mass is 16.5. The zero-order chi connectivity index (χ0) is 22.7. The van der Waals surface area contributed by atoms with Crippen molar-refractivity contribution in [3.8, 4) is 18.0 Å². The number of benzene rings is 2. The summed E-state index contributed by atoms with van der Waals surface area (Å²) in [6.07, 6.45) is 1.84. The molecule has 1 atom stereocenters. The maximum atomic E-state index is 9.45. The number of nitrogens with one attached hydrogen (secondary N) is 2. The number of ether oxygens (including phenoxy) is 1. The lowest BCUT2D eigenvalue weighted by molar-refractivity contribution is 0.304. The predicted molar refractivity (Wildman–Crippen MR) is 121 cm³/mol. The Morgan fingerprint density at radius 1 is 1.16 bits per heavy atom. The number of nitrogens with two attached hydrogens (primary N) is 2. The summed E-state index contributed by atoms with van der Waals surface area (Å²) in [6.45, 7) is 2.39. The molecule has 32 heavy (non-hydrogen) atoms. The van der Waals surface area contributed by atoms with Crippen LogP contribution in [-0.2, 0) is 6.61 Å². The smallest absolute Gasteiger partial charge is 0.211 e. The normalized spacial score (nSPS) is 14.2. The van der Waals surface area contributed by atoms with Crippen molar-refractivity contribution in [3.05, 3.63) is 76.3 Å². The highest BCUT2D eigenvalue weighted by Gasteiger charge is 2.29. The summed E-state index contributed by atoms with van der Waals surface area (Å²) in [5.41, 5.74) is 15.8. The fraction of sp³-hybridized carbons (Fsp3) is 0.130. The number of hydrogen-bond donors (Lipinski definition) is 4. The number of fused-ring (bicyclic) bond motifs is 1. The molecule has 2 aromatic carbocycles. The Labute approximate surface area is 185 Å². The number of aryl methyl sites for hydroxylation is 1. The molecule has 2 heterocycles. The fourth-order valence-electron chi connectivity index (χ4n) is 3.56. The second-order valence-electron chi connectivity index (χ2n) is 7.20. The Bertz CT molecular complexity index is 1290. The van der Waals surface area contributed by atoms with Crippen molar-refractivity contribution in [1.82, 2.24) is 10.3 Å². The van der Waals surface area contributed by atoms with Gasteiger partial charge in [-0.05, 0) is 35.7 Å². The highest BCUT2D eigenvalue weighted by molar-refractivity contribution is 5.98. The van der Waals surface area contributed by atoms with Crippen LogP contribution in [0.4, 0.5) is 17.3 Å². The van der Waals surface area contributed by atoms with Gasteiger partial charge < -0.3 is 21.5 Å². The molecule has 158 valence electrons. The molecular weight excluding hydrogens is 404 g/mol. The van der Waals surface area contributed by atoms with Crippen LogP contribution in [0.2, 0.25) is 0 Å². The number of nitrogens with zero attached hydrogens (tertiary/aromatic N) is 4. The van der Waals surface area contributed by atoms with Gasteiger partial charge in [0, 0.05) is 5.56 Å². The van der Waals surface area contributed by atoms with E-state index in [0.29, 0.717) is 18.0 Å². The third-order valence-electron chi connectivity index (χ3n) is 5.11. The molecule has 3 aromatic rings. The zero-order valence-corrected chi connectivity index (χ0v) is 17.3. The first-order valence-corrected chi connectivity index (χ1v) is 9.78. The minimum absolute atomic E-state index is 0.00838. The van der Waals surface area contributed by atoms with Gasteiger partial charge >= 0.3 is 0 Å². The Kier molecular flexibility index (Phi) is 5.47. The summed E-state index contributed by atoms with van der Waals surface area (Å²) in [7, 11) is 0. The molecule has 0 amide bonds.